The van der Waals surface area contributed by atoms with Crippen LogP contribution in [0.2, 0.25) is 0 Å². The molecular weight excluding hydrogens is 358 g/mol. The van der Waals surface area contributed by atoms with E-state index in [0.717, 1.165) is 29.7 Å². The molecule has 0 radical (unpaired) electrons. The summed E-state index contributed by atoms with van der Waals surface area (Å²) in [6.45, 7) is 4.16. The molecule has 1 atom stereocenters. The van der Waals surface area contributed by atoms with Gasteiger partial charge in [0.2, 0.25) is 5.91 Å². The molecule has 0 saturated carbocycles. The molecule has 0 spiro atoms. The zero-order valence-electron chi connectivity index (χ0n) is 15.8. The number of nitrogens with one attached hydrogen (secondary N) is 1. The fourth-order valence-corrected chi connectivity index (χ4v) is 4.06. The molecule has 0 unspecified atom stereocenters. The van der Waals surface area contributed by atoms with Crippen LogP contribution in [-0.2, 0) is 11.3 Å². The van der Waals surface area contributed by atoms with E-state index in [1.807, 2.05) is 43.3 Å². The van der Waals surface area contributed by atoms with Crippen molar-refractivity contribution in [3.63, 3.8) is 0 Å². The van der Waals surface area contributed by atoms with Gasteiger partial charge in [-0.2, -0.15) is 0 Å². The van der Waals surface area contributed by atoms with Crippen molar-refractivity contribution >= 4 is 27.5 Å². The van der Waals surface area contributed by atoms with Gasteiger partial charge in [-0.25, -0.2) is 4.98 Å². The number of amides is 1. The molecule has 142 valence electrons. The van der Waals surface area contributed by atoms with Crippen molar-refractivity contribution < 1.29 is 4.79 Å². The maximum absolute atomic E-state index is 12.8. The zero-order valence-corrected chi connectivity index (χ0v) is 16.6. The summed E-state index contributed by atoms with van der Waals surface area (Å²) in [4.78, 5) is 31.1. The second kappa shape index (κ2) is 8.95. The summed E-state index contributed by atoms with van der Waals surface area (Å²) >= 11 is 1.49. The summed E-state index contributed by atoms with van der Waals surface area (Å²) in [5, 5.41) is 3.53. The van der Waals surface area contributed by atoms with Crippen LogP contribution in [0.4, 0.5) is 0 Å². The van der Waals surface area contributed by atoms with Gasteiger partial charge in [0.25, 0.3) is 5.56 Å². The Morgan fingerprint density at radius 2 is 2.04 bits per heavy atom. The number of fused-ring (bicyclic) bond motifs is 1. The van der Waals surface area contributed by atoms with Gasteiger partial charge in [0, 0.05) is 10.9 Å². The van der Waals surface area contributed by atoms with E-state index >= 15 is 0 Å². The molecule has 0 bridgehead atoms. The maximum Gasteiger partial charge on any atom is 0.262 e. The first kappa shape index (κ1) is 19.3. The van der Waals surface area contributed by atoms with Gasteiger partial charge in [0.1, 0.15) is 11.4 Å². The number of aromatic nitrogens is 2. The van der Waals surface area contributed by atoms with E-state index in [9.17, 15) is 9.59 Å². The molecule has 3 aromatic rings. The number of hydrogen-bond donors (Lipinski definition) is 1. The number of carbonyl (C=O) groups excluding carboxylic acids is 1. The Balaban J connectivity index is 1.73. The fraction of sp³-hybridized carbons (Fsp3) is 0.381. The van der Waals surface area contributed by atoms with Crippen LogP contribution in [0.5, 0.6) is 0 Å². The monoisotopic (exact) mass is 383 g/mol. The van der Waals surface area contributed by atoms with Crippen molar-refractivity contribution in [1.82, 2.24) is 14.9 Å². The minimum Gasteiger partial charge on any atom is -0.352 e. The van der Waals surface area contributed by atoms with Crippen molar-refractivity contribution in [3.05, 3.63) is 53.1 Å². The molecule has 3 rings (SSSR count). The second-order valence-corrected chi connectivity index (χ2v) is 7.87. The first-order valence-corrected chi connectivity index (χ1v) is 10.2. The Bertz CT molecular complexity index is 962. The highest BCUT2D eigenvalue weighted by Gasteiger charge is 2.13. The van der Waals surface area contributed by atoms with Crippen LogP contribution < -0.4 is 10.9 Å². The van der Waals surface area contributed by atoms with Gasteiger partial charge in [-0.15, -0.1) is 11.3 Å². The minimum absolute atomic E-state index is 0.00356. The summed E-state index contributed by atoms with van der Waals surface area (Å²) in [6.07, 6.45) is 5.85. The number of nitrogens with zero attached hydrogens (tertiary/aromatic N) is 2. The molecule has 0 saturated heterocycles. The molecule has 5 nitrogen and oxygen atoms in total. The Hall–Kier alpha value is -2.47. The van der Waals surface area contributed by atoms with Gasteiger partial charge >= 0.3 is 0 Å². The van der Waals surface area contributed by atoms with Crippen LogP contribution in [0.25, 0.3) is 20.7 Å². The second-order valence-electron chi connectivity index (χ2n) is 6.84. The molecule has 27 heavy (non-hydrogen) atoms. The van der Waals surface area contributed by atoms with Crippen molar-refractivity contribution in [2.45, 2.75) is 52.1 Å². The Labute approximate surface area is 163 Å². The number of thiophene rings is 1. The first-order chi connectivity index (χ1) is 13.1. The Kier molecular flexibility index (Phi) is 6.40. The third-order valence-corrected chi connectivity index (χ3v) is 5.63. The van der Waals surface area contributed by atoms with Gasteiger partial charge in [0.15, 0.2) is 0 Å². The number of unbranched alkanes of at least 4 members (excludes halogenated alkanes) is 2. The van der Waals surface area contributed by atoms with Crippen molar-refractivity contribution in [1.29, 1.82) is 0 Å². The lowest BCUT2D eigenvalue weighted by molar-refractivity contribution is -0.122. The molecule has 0 aliphatic heterocycles. The van der Waals surface area contributed by atoms with Crippen molar-refractivity contribution in [2.24, 2.45) is 0 Å². The highest BCUT2D eigenvalue weighted by atomic mass is 32.1. The van der Waals surface area contributed by atoms with Crippen molar-refractivity contribution in [2.75, 3.05) is 0 Å². The summed E-state index contributed by atoms with van der Waals surface area (Å²) in [5.74, 6) is -0.152. The molecule has 1 aromatic carbocycles. The lowest BCUT2D eigenvalue weighted by atomic mass is 10.1. The van der Waals surface area contributed by atoms with Crippen LogP contribution >= 0.6 is 11.3 Å². The number of benzene rings is 1. The largest absolute Gasteiger partial charge is 0.352 e. The van der Waals surface area contributed by atoms with Crippen LogP contribution in [-0.4, -0.2) is 21.5 Å². The lowest BCUT2D eigenvalue weighted by Gasteiger charge is -2.14. The average molecular weight is 384 g/mol. The summed E-state index contributed by atoms with van der Waals surface area (Å²) in [6, 6.07) is 11.9. The van der Waals surface area contributed by atoms with Gasteiger partial charge in [-0.05, 0) is 25.0 Å². The molecule has 0 fully saturated rings. The lowest BCUT2D eigenvalue weighted by Crippen LogP contribution is -2.37. The molecular formula is C21H25N3O2S. The van der Waals surface area contributed by atoms with Crippen LogP contribution in [0.3, 0.4) is 0 Å². The highest BCUT2D eigenvalue weighted by Crippen LogP contribution is 2.30. The Morgan fingerprint density at radius 1 is 1.26 bits per heavy atom. The van der Waals surface area contributed by atoms with Gasteiger partial charge in [-0.3, -0.25) is 14.2 Å². The average Bonchev–Trinajstić information content (AvgIpc) is 3.10. The normalized spacial score (nSPS) is 12.2. The maximum atomic E-state index is 12.8. The minimum atomic E-state index is -0.174. The molecule has 1 amide bonds. The molecule has 1 N–H and O–H groups in total. The van der Waals surface area contributed by atoms with E-state index in [1.165, 1.54) is 28.7 Å². The van der Waals surface area contributed by atoms with Gasteiger partial charge in [-0.1, -0.05) is 56.5 Å². The fourth-order valence-electron chi connectivity index (χ4n) is 3.06. The van der Waals surface area contributed by atoms with E-state index in [0.29, 0.717) is 10.2 Å². The summed E-state index contributed by atoms with van der Waals surface area (Å²) < 4.78 is 1.39. The van der Waals surface area contributed by atoms with Crippen molar-refractivity contribution in [3.8, 4) is 10.4 Å². The highest BCUT2D eigenvalue weighted by molar-refractivity contribution is 7.21. The number of carbonyl (C=O) groups is 1. The molecule has 0 aliphatic rings. The molecule has 6 heteroatoms. The zero-order chi connectivity index (χ0) is 19.2. The Morgan fingerprint density at radius 3 is 2.78 bits per heavy atom. The van der Waals surface area contributed by atoms with Crippen LogP contribution in [0.1, 0.15) is 39.5 Å². The quantitative estimate of drug-likeness (QED) is 0.593. The number of hydrogen-bond acceptors (Lipinski definition) is 4. The van der Waals surface area contributed by atoms with Crippen LogP contribution in [0, 0.1) is 0 Å². The van der Waals surface area contributed by atoms with E-state index < -0.39 is 0 Å². The summed E-state index contributed by atoms with van der Waals surface area (Å²) in [7, 11) is 0. The topological polar surface area (TPSA) is 64.0 Å². The smallest absolute Gasteiger partial charge is 0.262 e. The molecule has 0 aliphatic carbocycles. The van der Waals surface area contributed by atoms with Gasteiger partial charge < -0.3 is 5.32 Å². The summed E-state index contributed by atoms with van der Waals surface area (Å²) in [5.41, 5.74) is 0.886. The van der Waals surface area contributed by atoms with E-state index in [1.54, 1.807) is 0 Å². The van der Waals surface area contributed by atoms with Gasteiger partial charge in [0.05, 0.1) is 11.7 Å². The number of rotatable bonds is 8. The molecule has 2 heterocycles. The standard InChI is InChI=1S/C21H25N3O2S/c1-3-4-6-9-15(2)23-19(25)13-24-14-22-20-17(21(24)26)12-18(27-20)16-10-7-5-8-11-16/h5,7-8,10-12,14-15H,3-4,6,9,13H2,1-2H3,(H,23,25)/t15-/m0/s1. The third-order valence-electron chi connectivity index (χ3n) is 4.54. The van der Waals surface area contributed by atoms with E-state index in [-0.39, 0.29) is 24.1 Å². The SMILES string of the molecule is CCCCC[C@H](C)NC(=O)Cn1cnc2sc(-c3ccccc3)cc2c1=O. The first-order valence-electron chi connectivity index (χ1n) is 9.42. The van der Waals surface area contributed by atoms with E-state index in [2.05, 4.69) is 17.2 Å². The third kappa shape index (κ3) is 4.83. The predicted molar refractivity (Wildman–Crippen MR) is 111 cm³/mol. The van der Waals surface area contributed by atoms with E-state index in [4.69, 9.17) is 0 Å². The predicted octanol–water partition coefficient (Wildman–Crippen LogP) is 4.21. The van der Waals surface area contributed by atoms with Crippen LogP contribution in [0.15, 0.2) is 47.5 Å². The molecule has 2 aromatic heterocycles.